The smallest absolute Gasteiger partial charge is 0.414 e. The second-order valence-corrected chi connectivity index (χ2v) is 6.16. The summed E-state index contributed by atoms with van der Waals surface area (Å²) in [5.74, 6) is -0.0752. The van der Waals surface area contributed by atoms with Crippen LogP contribution in [-0.2, 0) is 14.3 Å². The molecule has 0 aliphatic carbocycles. The van der Waals surface area contributed by atoms with E-state index >= 15 is 0 Å². The number of ether oxygens (including phenoxy) is 1. The van der Waals surface area contributed by atoms with Crippen LogP contribution in [0.15, 0.2) is 23.1 Å². The molecule has 1 fully saturated rings. The van der Waals surface area contributed by atoms with Gasteiger partial charge in [0.2, 0.25) is 11.8 Å². The highest BCUT2D eigenvalue weighted by atomic mass is 32.2. The second-order valence-electron chi connectivity index (χ2n) is 5.14. The van der Waals surface area contributed by atoms with E-state index in [0.717, 1.165) is 4.90 Å². The van der Waals surface area contributed by atoms with Crippen molar-refractivity contribution in [2.24, 2.45) is 5.73 Å². The van der Waals surface area contributed by atoms with Gasteiger partial charge >= 0.3 is 6.09 Å². The van der Waals surface area contributed by atoms with E-state index in [4.69, 9.17) is 10.5 Å². The van der Waals surface area contributed by atoms with E-state index in [1.807, 2.05) is 12.1 Å². The fourth-order valence-electron chi connectivity index (χ4n) is 2.42. The zero-order valence-corrected chi connectivity index (χ0v) is 12.5. The molecule has 2 aliphatic heterocycles. The number of cyclic esters (lactones) is 1. The summed E-state index contributed by atoms with van der Waals surface area (Å²) in [5, 5.41) is 2.79. The Balaban J connectivity index is 1.74. The molecule has 0 spiro atoms. The number of benzene rings is 1. The van der Waals surface area contributed by atoms with Gasteiger partial charge in [-0.2, -0.15) is 0 Å². The van der Waals surface area contributed by atoms with Crippen LogP contribution in [0.2, 0.25) is 0 Å². The lowest BCUT2D eigenvalue weighted by Crippen LogP contribution is -2.25. The highest BCUT2D eigenvalue weighted by Crippen LogP contribution is 2.35. The fourth-order valence-corrected chi connectivity index (χ4v) is 3.21. The molecule has 1 saturated heterocycles. The van der Waals surface area contributed by atoms with Crippen molar-refractivity contribution in [2.45, 2.75) is 23.8 Å². The number of hydrogen-bond acceptors (Lipinski definition) is 5. The summed E-state index contributed by atoms with van der Waals surface area (Å²) in [6.07, 6.45) is -0.207. The average molecular weight is 321 g/mol. The summed E-state index contributed by atoms with van der Waals surface area (Å²) in [5.41, 5.74) is 6.47. The summed E-state index contributed by atoms with van der Waals surface area (Å²) in [6, 6.07) is 5.46. The molecule has 1 aromatic rings. The molecule has 0 aromatic heterocycles. The van der Waals surface area contributed by atoms with Gasteiger partial charge in [0.15, 0.2) is 0 Å². The summed E-state index contributed by atoms with van der Waals surface area (Å²) in [7, 11) is 0. The number of thioether (sulfide) groups is 1. The Hall–Kier alpha value is -2.22. The largest absolute Gasteiger partial charge is 0.444 e. The number of hydrogen-bond donors (Lipinski definition) is 2. The number of primary amides is 1. The van der Waals surface area contributed by atoms with E-state index in [0.29, 0.717) is 30.1 Å². The molecule has 0 saturated carbocycles. The minimum absolute atomic E-state index is 0.0574. The van der Waals surface area contributed by atoms with Gasteiger partial charge in [-0.15, -0.1) is 11.8 Å². The molecule has 0 bridgehead atoms. The van der Waals surface area contributed by atoms with Gasteiger partial charge in [-0.1, -0.05) is 0 Å². The number of carbonyl (C=O) groups excluding carboxylic acids is 3. The molecular weight excluding hydrogens is 306 g/mol. The molecule has 116 valence electrons. The molecule has 0 unspecified atom stereocenters. The maximum atomic E-state index is 12.0. The molecular formula is C14H15N3O4S. The molecule has 7 nitrogen and oxygen atoms in total. The first-order valence-corrected chi connectivity index (χ1v) is 7.84. The number of nitrogens with two attached hydrogens (primary N) is 1. The van der Waals surface area contributed by atoms with E-state index in [9.17, 15) is 14.4 Å². The molecule has 2 aliphatic rings. The van der Waals surface area contributed by atoms with E-state index < -0.39 is 12.0 Å². The molecule has 3 rings (SSSR count). The van der Waals surface area contributed by atoms with Gasteiger partial charge in [-0.05, 0) is 24.6 Å². The number of amides is 3. The number of fused-ring (bicyclic) bond motifs is 1. The van der Waals surface area contributed by atoms with Crippen molar-refractivity contribution >= 4 is 41.0 Å². The molecule has 2 heterocycles. The zero-order valence-electron chi connectivity index (χ0n) is 11.7. The third-order valence-corrected chi connectivity index (χ3v) is 4.57. The predicted molar refractivity (Wildman–Crippen MR) is 81.8 cm³/mol. The summed E-state index contributed by atoms with van der Waals surface area (Å²) in [6.45, 7) is 0.367. The number of nitrogens with zero attached hydrogens (tertiary/aromatic N) is 1. The van der Waals surface area contributed by atoms with Crippen molar-refractivity contribution in [3.63, 3.8) is 0 Å². The lowest BCUT2D eigenvalue weighted by molar-refractivity contribution is -0.118. The lowest BCUT2D eigenvalue weighted by Gasteiger charge is -2.19. The molecule has 3 N–H and O–H groups in total. The monoisotopic (exact) mass is 321 g/mol. The Morgan fingerprint density at radius 1 is 1.45 bits per heavy atom. The van der Waals surface area contributed by atoms with Gasteiger partial charge in [-0.25, -0.2) is 4.79 Å². The van der Waals surface area contributed by atoms with Crippen molar-refractivity contribution in [3.05, 3.63) is 18.2 Å². The second kappa shape index (κ2) is 5.88. The third kappa shape index (κ3) is 3.01. The Labute approximate surface area is 131 Å². The van der Waals surface area contributed by atoms with Crippen LogP contribution in [0, 0.1) is 0 Å². The fraction of sp³-hybridized carbons (Fsp3) is 0.357. The number of anilines is 2. The Bertz CT molecular complexity index is 649. The Kier molecular flexibility index (Phi) is 3.93. The molecule has 0 radical (unpaired) electrons. The molecule has 3 amide bonds. The van der Waals surface area contributed by atoms with Crippen molar-refractivity contribution in [2.75, 3.05) is 22.5 Å². The predicted octanol–water partition coefficient (Wildman–Crippen LogP) is 1.32. The summed E-state index contributed by atoms with van der Waals surface area (Å²) in [4.78, 5) is 36.7. The topological polar surface area (TPSA) is 102 Å². The first-order valence-electron chi connectivity index (χ1n) is 6.86. The highest BCUT2D eigenvalue weighted by Gasteiger charge is 2.32. The molecule has 1 aromatic carbocycles. The summed E-state index contributed by atoms with van der Waals surface area (Å²) >= 11 is 1.46. The van der Waals surface area contributed by atoms with E-state index in [-0.39, 0.29) is 18.4 Å². The third-order valence-electron chi connectivity index (χ3n) is 3.49. The van der Waals surface area contributed by atoms with Crippen molar-refractivity contribution in [1.29, 1.82) is 0 Å². The molecule has 1 atom stereocenters. The number of rotatable bonds is 4. The number of carbonyl (C=O) groups is 3. The van der Waals surface area contributed by atoms with Crippen LogP contribution < -0.4 is 16.0 Å². The van der Waals surface area contributed by atoms with Gasteiger partial charge < -0.3 is 15.8 Å². The Morgan fingerprint density at radius 2 is 2.27 bits per heavy atom. The highest BCUT2D eigenvalue weighted by molar-refractivity contribution is 8.00. The van der Waals surface area contributed by atoms with Gasteiger partial charge in [0.05, 0.1) is 18.0 Å². The Morgan fingerprint density at radius 3 is 3.05 bits per heavy atom. The van der Waals surface area contributed by atoms with Gasteiger partial charge in [0.25, 0.3) is 0 Å². The van der Waals surface area contributed by atoms with Crippen LogP contribution in [-0.4, -0.2) is 36.3 Å². The van der Waals surface area contributed by atoms with Gasteiger partial charge in [0, 0.05) is 17.0 Å². The molecule has 22 heavy (non-hydrogen) atoms. The maximum Gasteiger partial charge on any atom is 0.414 e. The van der Waals surface area contributed by atoms with Crippen molar-refractivity contribution in [1.82, 2.24) is 0 Å². The maximum absolute atomic E-state index is 12.0. The van der Waals surface area contributed by atoms with Crippen molar-refractivity contribution in [3.8, 4) is 0 Å². The zero-order chi connectivity index (χ0) is 15.7. The van der Waals surface area contributed by atoms with E-state index in [2.05, 4.69) is 5.32 Å². The average Bonchev–Trinajstić information content (AvgIpc) is 2.85. The van der Waals surface area contributed by atoms with Crippen LogP contribution in [0.5, 0.6) is 0 Å². The van der Waals surface area contributed by atoms with Gasteiger partial charge in [0.1, 0.15) is 6.10 Å². The van der Waals surface area contributed by atoms with Crippen LogP contribution in [0.25, 0.3) is 0 Å². The van der Waals surface area contributed by atoms with Crippen LogP contribution >= 0.6 is 11.8 Å². The minimum atomic E-state index is -0.454. The van der Waals surface area contributed by atoms with Crippen molar-refractivity contribution < 1.29 is 19.1 Å². The quantitative estimate of drug-likeness (QED) is 0.871. The standard InChI is InChI=1S/C14H15N3O4S/c15-12(18)4-2-9-6-17(14(20)21-9)8-1-3-11-10(5-8)16-13(19)7-22-11/h1,3,5,9H,2,4,6-7H2,(H2,15,18)(H,16,19)/t9-/m0/s1. The first kappa shape index (κ1) is 14.7. The minimum Gasteiger partial charge on any atom is -0.444 e. The van der Waals surface area contributed by atoms with E-state index in [1.54, 1.807) is 6.07 Å². The van der Waals surface area contributed by atoms with Crippen LogP contribution in [0.1, 0.15) is 12.8 Å². The summed E-state index contributed by atoms with van der Waals surface area (Å²) < 4.78 is 5.23. The SMILES string of the molecule is NC(=O)CC[C@H]1CN(c2ccc3c(c2)NC(=O)CS3)C(=O)O1. The number of nitrogens with one attached hydrogen (secondary N) is 1. The normalized spacial score (nSPS) is 20.4. The van der Waals surface area contributed by atoms with Crippen LogP contribution in [0.3, 0.4) is 0 Å². The van der Waals surface area contributed by atoms with Gasteiger partial charge in [-0.3, -0.25) is 14.5 Å². The lowest BCUT2D eigenvalue weighted by atomic mass is 10.2. The first-order chi connectivity index (χ1) is 10.5. The van der Waals surface area contributed by atoms with E-state index in [1.165, 1.54) is 16.7 Å². The molecule has 8 heteroatoms. The van der Waals surface area contributed by atoms with Crippen LogP contribution in [0.4, 0.5) is 16.2 Å².